The fourth-order valence-electron chi connectivity index (χ4n) is 3.40. The Kier molecular flexibility index (Phi) is 4.67. The van der Waals surface area contributed by atoms with E-state index < -0.39 is 0 Å². The van der Waals surface area contributed by atoms with Crippen LogP contribution in [0.15, 0.2) is 58.8 Å². The molecule has 26 heavy (non-hydrogen) atoms. The van der Waals surface area contributed by atoms with Crippen molar-refractivity contribution in [3.8, 4) is 11.3 Å². The van der Waals surface area contributed by atoms with Gasteiger partial charge in [0, 0.05) is 35.4 Å². The molecule has 132 valence electrons. The van der Waals surface area contributed by atoms with Crippen molar-refractivity contribution in [1.82, 2.24) is 14.9 Å². The molecular weight excluding hydrogens is 346 g/mol. The van der Waals surface area contributed by atoms with E-state index in [9.17, 15) is 9.59 Å². The van der Waals surface area contributed by atoms with Gasteiger partial charge in [-0.05, 0) is 43.0 Å². The van der Waals surface area contributed by atoms with E-state index in [1.807, 2.05) is 40.6 Å². The highest BCUT2D eigenvalue weighted by Crippen LogP contribution is 2.33. The predicted molar refractivity (Wildman–Crippen MR) is 102 cm³/mol. The van der Waals surface area contributed by atoms with Crippen LogP contribution in [0.1, 0.15) is 40.7 Å². The van der Waals surface area contributed by atoms with Crippen molar-refractivity contribution in [3.63, 3.8) is 0 Å². The first kappa shape index (κ1) is 16.7. The zero-order valence-corrected chi connectivity index (χ0v) is 15.0. The molecule has 1 N–H and O–H groups in total. The van der Waals surface area contributed by atoms with Gasteiger partial charge in [0.25, 0.3) is 5.91 Å². The number of aromatic amines is 1. The molecule has 0 aliphatic carbocycles. The van der Waals surface area contributed by atoms with Crippen molar-refractivity contribution >= 4 is 17.2 Å². The first-order valence-electron chi connectivity index (χ1n) is 8.72. The van der Waals surface area contributed by atoms with Gasteiger partial charge in [0.15, 0.2) is 0 Å². The quantitative estimate of drug-likeness (QED) is 0.766. The maximum Gasteiger partial charge on any atom is 0.254 e. The van der Waals surface area contributed by atoms with Crippen LogP contribution >= 0.6 is 11.3 Å². The lowest BCUT2D eigenvalue weighted by Gasteiger charge is -2.34. The summed E-state index contributed by atoms with van der Waals surface area (Å²) in [4.78, 5) is 33.7. The molecule has 0 saturated carbocycles. The highest BCUT2D eigenvalue weighted by Gasteiger charge is 2.30. The Morgan fingerprint density at radius 2 is 2.00 bits per heavy atom. The standard InChI is InChI=1S/C20H19N3O2S/c24-18-6-3-4-16(22-18)14-7-9-15(10-8-14)20(25)23-12-2-1-5-17(23)19-21-11-13-26-19/h3-4,6-11,13,17H,1-2,5,12H2,(H,22,24)/t17-/m1/s1. The first-order valence-corrected chi connectivity index (χ1v) is 9.60. The second-order valence-corrected chi connectivity index (χ2v) is 7.31. The minimum atomic E-state index is -0.137. The third kappa shape index (κ3) is 3.32. The van der Waals surface area contributed by atoms with Crippen LogP contribution in [0.3, 0.4) is 0 Å². The van der Waals surface area contributed by atoms with Gasteiger partial charge in [-0.3, -0.25) is 9.59 Å². The number of H-pyrrole nitrogens is 1. The van der Waals surface area contributed by atoms with E-state index in [1.54, 1.807) is 23.6 Å². The number of carbonyl (C=O) groups excluding carboxylic acids is 1. The minimum Gasteiger partial charge on any atom is -0.329 e. The molecular formula is C20H19N3O2S. The molecule has 5 nitrogen and oxygen atoms in total. The number of hydrogen-bond donors (Lipinski definition) is 1. The molecule has 1 amide bonds. The number of pyridine rings is 1. The predicted octanol–water partition coefficient (Wildman–Crippen LogP) is 3.87. The van der Waals surface area contributed by atoms with Crippen molar-refractivity contribution in [1.29, 1.82) is 0 Å². The Labute approximate surface area is 155 Å². The Bertz CT molecular complexity index is 948. The van der Waals surface area contributed by atoms with Gasteiger partial charge >= 0.3 is 0 Å². The van der Waals surface area contributed by atoms with Crippen molar-refractivity contribution in [2.24, 2.45) is 0 Å². The van der Waals surface area contributed by atoms with Crippen LogP contribution in [0.5, 0.6) is 0 Å². The van der Waals surface area contributed by atoms with Gasteiger partial charge in [0.05, 0.1) is 6.04 Å². The van der Waals surface area contributed by atoms with E-state index in [1.165, 1.54) is 6.07 Å². The number of amides is 1. The summed E-state index contributed by atoms with van der Waals surface area (Å²) in [6.07, 6.45) is 4.90. The van der Waals surface area contributed by atoms with E-state index in [-0.39, 0.29) is 17.5 Å². The third-order valence-electron chi connectivity index (χ3n) is 4.71. The van der Waals surface area contributed by atoms with E-state index in [2.05, 4.69) is 9.97 Å². The molecule has 0 radical (unpaired) electrons. The number of rotatable bonds is 3. The molecule has 1 saturated heterocycles. The topological polar surface area (TPSA) is 66.1 Å². The summed E-state index contributed by atoms with van der Waals surface area (Å²) in [6.45, 7) is 0.761. The number of nitrogens with one attached hydrogen (secondary N) is 1. The molecule has 0 bridgehead atoms. The maximum absolute atomic E-state index is 13.1. The van der Waals surface area contributed by atoms with E-state index in [4.69, 9.17) is 0 Å². The molecule has 3 aromatic rings. The highest BCUT2D eigenvalue weighted by atomic mass is 32.1. The van der Waals surface area contributed by atoms with Crippen molar-refractivity contribution in [2.45, 2.75) is 25.3 Å². The SMILES string of the molecule is O=C(c1ccc(-c2cccc(=O)[nH]2)cc1)N1CCCC[C@@H]1c1nccs1. The van der Waals surface area contributed by atoms with Crippen LogP contribution in [-0.2, 0) is 0 Å². The fourth-order valence-corrected chi connectivity index (χ4v) is 4.19. The van der Waals surface area contributed by atoms with Gasteiger partial charge in [-0.25, -0.2) is 4.98 Å². The van der Waals surface area contributed by atoms with Crippen LogP contribution in [0, 0.1) is 0 Å². The number of thiazole rings is 1. The molecule has 1 fully saturated rings. The van der Waals surface area contributed by atoms with Gasteiger partial charge in [0.2, 0.25) is 5.56 Å². The third-order valence-corrected chi connectivity index (χ3v) is 5.59. The van der Waals surface area contributed by atoms with Crippen molar-refractivity contribution in [2.75, 3.05) is 6.54 Å². The molecule has 0 unspecified atom stereocenters. The summed E-state index contributed by atoms with van der Waals surface area (Å²) in [5.41, 5.74) is 2.15. The summed E-state index contributed by atoms with van der Waals surface area (Å²) in [5.74, 6) is 0.0398. The van der Waals surface area contributed by atoms with Gasteiger partial charge in [-0.15, -0.1) is 11.3 Å². The Morgan fingerprint density at radius 1 is 1.15 bits per heavy atom. The zero-order valence-electron chi connectivity index (χ0n) is 14.2. The number of aromatic nitrogens is 2. The molecule has 1 aromatic carbocycles. The summed E-state index contributed by atoms with van der Waals surface area (Å²) >= 11 is 1.61. The maximum atomic E-state index is 13.1. The molecule has 6 heteroatoms. The second-order valence-electron chi connectivity index (χ2n) is 6.39. The number of carbonyl (C=O) groups is 1. The molecule has 1 atom stereocenters. The lowest BCUT2D eigenvalue weighted by Crippen LogP contribution is -2.38. The van der Waals surface area contributed by atoms with E-state index in [0.29, 0.717) is 5.56 Å². The summed E-state index contributed by atoms with van der Waals surface area (Å²) in [6, 6.07) is 12.5. The van der Waals surface area contributed by atoms with Gasteiger partial charge < -0.3 is 9.88 Å². The van der Waals surface area contributed by atoms with Crippen molar-refractivity contribution < 1.29 is 4.79 Å². The van der Waals surface area contributed by atoms with Crippen LogP contribution in [0.4, 0.5) is 0 Å². The Balaban J connectivity index is 1.58. The summed E-state index contributed by atoms with van der Waals surface area (Å²) in [5, 5.41) is 2.97. The van der Waals surface area contributed by atoms with E-state index in [0.717, 1.165) is 42.1 Å². The zero-order chi connectivity index (χ0) is 17.9. The van der Waals surface area contributed by atoms with Crippen molar-refractivity contribution in [3.05, 3.63) is 75.0 Å². The number of benzene rings is 1. The van der Waals surface area contributed by atoms with Crippen LogP contribution in [-0.4, -0.2) is 27.3 Å². The smallest absolute Gasteiger partial charge is 0.254 e. The second kappa shape index (κ2) is 7.25. The lowest BCUT2D eigenvalue weighted by molar-refractivity contribution is 0.0611. The lowest BCUT2D eigenvalue weighted by atomic mass is 10.0. The largest absolute Gasteiger partial charge is 0.329 e. The van der Waals surface area contributed by atoms with Gasteiger partial charge in [-0.2, -0.15) is 0 Å². The van der Waals surface area contributed by atoms with Crippen LogP contribution in [0.2, 0.25) is 0 Å². The number of nitrogens with zero attached hydrogens (tertiary/aromatic N) is 2. The average Bonchev–Trinajstić information content (AvgIpc) is 3.22. The average molecular weight is 365 g/mol. The summed E-state index contributed by atoms with van der Waals surface area (Å²) in [7, 11) is 0. The number of likely N-dealkylation sites (tertiary alicyclic amines) is 1. The first-order chi connectivity index (χ1) is 12.7. The summed E-state index contributed by atoms with van der Waals surface area (Å²) < 4.78 is 0. The fraction of sp³-hybridized carbons (Fsp3) is 0.250. The highest BCUT2D eigenvalue weighted by molar-refractivity contribution is 7.09. The molecule has 1 aliphatic rings. The molecule has 1 aliphatic heterocycles. The molecule has 4 rings (SSSR count). The van der Waals surface area contributed by atoms with Crippen LogP contribution < -0.4 is 5.56 Å². The Hall–Kier alpha value is -2.73. The van der Waals surface area contributed by atoms with Gasteiger partial charge in [0.1, 0.15) is 5.01 Å². The molecule has 3 heterocycles. The Morgan fingerprint density at radius 3 is 2.73 bits per heavy atom. The van der Waals surface area contributed by atoms with Crippen LogP contribution in [0.25, 0.3) is 11.3 Å². The monoisotopic (exact) mass is 365 g/mol. The number of hydrogen-bond acceptors (Lipinski definition) is 4. The molecule has 0 spiro atoms. The number of piperidine rings is 1. The van der Waals surface area contributed by atoms with Gasteiger partial charge in [-0.1, -0.05) is 18.2 Å². The normalized spacial score (nSPS) is 17.2. The minimum absolute atomic E-state index is 0.0398. The van der Waals surface area contributed by atoms with E-state index >= 15 is 0 Å². The molecule has 2 aromatic heterocycles.